The molecule has 2 rings (SSSR count). The smallest absolute Gasteiger partial charge is 0.254 e. The normalized spacial score (nSPS) is 10.6. The maximum Gasteiger partial charge on any atom is 0.254 e. The predicted molar refractivity (Wildman–Crippen MR) is 79.9 cm³/mol. The van der Waals surface area contributed by atoms with E-state index in [0.29, 0.717) is 17.1 Å². The molecule has 0 N–H and O–H groups in total. The zero-order chi connectivity index (χ0) is 14.7. The minimum Gasteiger partial charge on any atom is -0.336 e. The van der Waals surface area contributed by atoms with Crippen LogP contribution in [0.5, 0.6) is 0 Å². The Morgan fingerprint density at radius 2 is 2.10 bits per heavy atom. The molecule has 0 fully saturated rings. The molecule has 4 nitrogen and oxygen atoms in total. The molecule has 0 saturated carbocycles. The lowest BCUT2D eigenvalue weighted by molar-refractivity contribution is 0.0782. The molecular formula is C15H18ClN3O. The molecule has 2 aromatic rings. The van der Waals surface area contributed by atoms with E-state index >= 15 is 0 Å². The van der Waals surface area contributed by atoms with Gasteiger partial charge in [-0.1, -0.05) is 29.8 Å². The van der Waals surface area contributed by atoms with Crippen LogP contribution >= 0.6 is 11.6 Å². The van der Waals surface area contributed by atoms with Crippen LogP contribution in [0.15, 0.2) is 30.5 Å². The van der Waals surface area contributed by atoms with Crippen LogP contribution < -0.4 is 0 Å². The Kier molecular flexibility index (Phi) is 4.45. The second-order valence-electron chi connectivity index (χ2n) is 4.76. The van der Waals surface area contributed by atoms with Crippen molar-refractivity contribution in [3.8, 4) is 0 Å². The highest BCUT2D eigenvalue weighted by atomic mass is 35.5. The summed E-state index contributed by atoms with van der Waals surface area (Å²) in [6, 6.07) is 7.55. The van der Waals surface area contributed by atoms with E-state index in [9.17, 15) is 4.79 Å². The highest BCUT2D eigenvalue weighted by Gasteiger charge is 2.16. The summed E-state index contributed by atoms with van der Waals surface area (Å²) in [5.41, 5.74) is 2.40. The third-order valence-electron chi connectivity index (χ3n) is 3.22. The van der Waals surface area contributed by atoms with Gasteiger partial charge in [0.2, 0.25) is 0 Å². The number of amides is 1. The molecule has 106 valence electrons. The molecule has 0 radical (unpaired) electrons. The van der Waals surface area contributed by atoms with Crippen molar-refractivity contribution < 1.29 is 4.79 Å². The lowest BCUT2D eigenvalue weighted by atomic mass is 10.1. The average Bonchev–Trinajstić information content (AvgIpc) is 2.79. The first-order chi connectivity index (χ1) is 9.52. The van der Waals surface area contributed by atoms with Crippen molar-refractivity contribution in [2.75, 3.05) is 7.05 Å². The van der Waals surface area contributed by atoms with E-state index in [2.05, 4.69) is 5.10 Å². The maximum atomic E-state index is 12.4. The minimum absolute atomic E-state index is 0.0229. The summed E-state index contributed by atoms with van der Waals surface area (Å²) >= 11 is 6.13. The summed E-state index contributed by atoms with van der Waals surface area (Å²) in [4.78, 5) is 14.0. The third-order valence-corrected chi connectivity index (χ3v) is 3.54. The van der Waals surface area contributed by atoms with E-state index in [1.54, 1.807) is 22.8 Å². The quantitative estimate of drug-likeness (QED) is 0.868. The standard InChI is InChI=1S/C15H18ClN3O/c1-4-19-9-13(16)14(17-19)10-18(3)15(20)12-8-6-5-7-11(12)2/h5-9H,4,10H2,1-3H3. The first-order valence-electron chi connectivity index (χ1n) is 6.55. The molecule has 1 aromatic carbocycles. The second kappa shape index (κ2) is 6.09. The van der Waals surface area contributed by atoms with Crippen molar-refractivity contribution in [2.24, 2.45) is 0 Å². The van der Waals surface area contributed by atoms with E-state index < -0.39 is 0 Å². The summed E-state index contributed by atoms with van der Waals surface area (Å²) in [6.07, 6.45) is 1.78. The zero-order valence-electron chi connectivity index (χ0n) is 11.9. The van der Waals surface area contributed by atoms with Gasteiger partial charge in [-0.05, 0) is 25.5 Å². The summed E-state index contributed by atoms with van der Waals surface area (Å²) in [5.74, 6) is -0.0229. The maximum absolute atomic E-state index is 12.4. The van der Waals surface area contributed by atoms with Crippen LogP contribution in [0, 0.1) is 6.92 Å². The van der Waals surface area contributed by atoms with Crippen LogP contribution in [-0.2, 0) is 13.1 Å². The Hall–Kier alpha value is -1.81. The first-order valence-corrected chi connectivity index (χ1v) is 6.93. The molecular weight excluding hydrogens is 274 g/mol. The lowest BCUT2D eigenvalue weighted by Crippen LogP contribution is -2.27. The van der Waals surface area contributed by atoms with Crippen molar-refractivity contribution >= 4 is 17.5 Å². The van der Waals surface area contributed by atoms with Crippen LogP contribution in [0.1, 0.15) is 28.5 Å². The first kappa shape index (κ1) is 14.6. The largest absolute Gasteiger partial charge is 0.336 e. The van der Waals surface area contributed by atoms with Crippen LogP contribution in [0.25, 0.3) is 0 Å². The van der Waals surface area contributed by atoms with Gasteiger partial charge in [-0.15, -0.1) is 0 Å². The van der Waals surface area contributed by atoms with Crippen LogP contribution in [0.4, 0.5) is 0 Å². The van der Waals surface area contributed by atoms with Gasteiger partial charge in [0.25, 0.3) is 5.91 Å². The number of hydrogen-bond acceptors (Lipinski definition) is 2. The van der Waals surface area contributed by atoms with Gasteiger partial charge in [0.05, 0.1) is 11.6 Å². The molecule has 1 heterocycles. The summed E-state index contributed by atoms with van der Waals surface area (Å²) < 4.78 is 1.77. The topological polar surface area (TPSA) is 38.1 Å². The molecule has 1 aromatic heterocycles. The number of hydrogen-bond donors (Lipinski definition) is 0. The van der Waals surface area contributed by atoms with Crippen LogP contribution in [-0.4, -0.2) is 27.6 Å². The molecule has 0 unspecified atom stereocenters. The Morgan fingerprint density at radius 1 is 1.40 bits per heavy atom. The third kappa shape index (κ3) is 3.02. The molecule has 0 aliphatic carbocycles. The van der Waals surface area contributed by atoms with E-state index in [-0.39, 0.29) is 5.91 Å². The fourth-order valence-electron chi connectivity index (χ4n) is 2.02. The molecule has 0 saturated heterocycles. The SMILES string of the molecule is CCn1cc(Cl)c(CN(C)C(=O)c2ccccc2C)n1. The lowest BCUT2D eigenvalue weighted by Gasteiger charge is -2.17. The number of carbonyl (C=O) groups is 1. The van der Waals surface area contributed by atoms with Crippen molar-refractivity contribution in [1.29, 1.82) is 0 Å². The van der Waals surface area contributed by atoms with Gasteiger partial charge in [0.1, 0.15) is 5.69 Å². The summed E-state index contributed by atoms with van der Waals surface area (Å²) in [5, 5.41) is 4.95. The summed E-state index contributed by atoms with van der Waals surface area (Å²) in [6.45, 7) is 5.09. The Balaban J connectivity index is 2.15. The highest BCUT2D eigenvalue weighted by Crippen LogP contribution is 2.17. The van der Waals surface area contributed by atoms with E-state index in [1.807, 2.05) is 38.1 Å². The zero-order valence-corrected chi connectivity index (χ0v) is 12.7. The molecule has 0 aliphatic rings. The van der Waals surface area contributed by atoms with Gasteiger partial charge in [-0.3, -0.25) is 9.48 Å². The van der Waals surface area contributed by atoms with Gasteiger partial charge in [-0.25, -0.2) is 0 Å². The predicted octanol–water partition coefficient (Wildman–Crippen LogP) is 3.14. The molecule has 0 aliphatic heterocycles. The molecule has 0 spiro atoms. The van der Waals surface area contributed by atoms with Crippen molar-refractivity contribution in [3.63, 3.8) is 0 Å². The monoisotopic (exact) mass is 291 g/mol. The highest BCUT2D eigenvalue weighted by molar-refractivity contribution is 6.31. The van der Waals surface area contributed by atoms with Gasteiger partial charge in [-0.2, -0.15) is 5.10 Å². The number of benzene rings is 1. The van der Waals surface area contributed by atoms with E-state index in [0.717, 1.165) is 17.8 Å². The molecule has 5 heteroatoms. The van der Waals surface area contributed by atoms with Crippen molar-refractivity contribution in [3.05, 3.63) is 52.3 Å². The van der Waals surface area contributed by atoms with Gasteiger partial charge < -0.3 is 4.90 Å². The second-order valence-corrected chi connectivity index (χ2v) is 5.16. The van der Waals surface area contributed by atoms with Gasteiger partial charge in [0, 0.05) is 25.4 Å². The van der Waals surface area contributed by atoms with Crippen molar-refractivity contribution in [2.45, 2.75) is 26.9 Å². The number of aryl methyl sites for hydroxylation is 2. The molecule has 20 heavy (non-hydrogen) atoms. The number of rotatable bonds is 4. The average molecular weight is 292 g/mol. The number of aromatic nitrogens is 2. The van der Waals surface area contributed by atoms with Gasteiger partial charge >= 0.3 is 0 Å². The minimum atomic E-state index is -0.0229. The van der Waals surface area contributed by atoms with Gasteiger partial charge in [0.15, 0.2) is 0 Å². The van der Waals surface area contributed by atoms with Crippen LogP contribution in [0.2, 0.25) is 5.02 Å². The fourth-order valence-corrected chi connectivity index (χ4v) is 2.23. The molecule has 1 amide bonds. The van der Waals surface area contributed by atoms with E-state index in [4.69, 9.17) is 11.6 Å². The summed E-state index contributed by atoms with van der Waals surface area (Å²) in [7, 11) is 1.76. The molecule has 0 bridgehead atoms. The molecule has 0 atom stereocenters. The Morgan fingerprint density at radius 3 is 2.70 bits per heavy atom. The number of halogens is 1. The van der Waals surface area contributed by atoms with E-state index in [1.165, 1.54) is 0 Å². The number of nitrogens with zero attached hydrogens (tertiary/aromatic N) is 3. The Labute approximate surface area is 124 Å². The fraction of sp³-hybridized carbons (Fsp3) is 0.333. The van der Waals surface area contributed by atoms with Crippen molar-refractivity contribution in [1.82, 2.24) is 14.7 Å². The van der Waals surface area contributed by atoms with Crippen LogP contribution in [0.3, 0.4) is 0 Å². The number of carbonyl (C=O) groups excluding carboxylic acids is 1. The Bertz CT molecular complexity index is 621.